The van der Waals surface area contributed by atoms with E-state index < -0.39 is 16.7 Å². The summed E-state index contributed by atoms with van der Waals surface area (Å²) in [7, 11) is 0. The Bertz CT molecular complexity index is 1060. The van der Waals surface area contributed by atoms with Crippen LogP contribution in [-0.4, -0.2) is 10.6 Å². The molecular formula is C18H12F3N3O3. The molecule has 1 aliphatic heterocycles. The molecule has 2 heterocycles. The van der Waals surface area contributed by atoms with Crippen LogP contribution in [0.3, 0.4) is 0 Å². The van der Waals surface area contributed by atoms with Gasteiger partial charge in [0.25, 0.3) is 5.69 Å². The lowest BCUT2D eigenvalue weighted by Gasteiger charge is -2.09. The molecule has 1 atom stereocenters. The average molecular weight is 375 g/mol. The van der Waals surface area contributed by atoms with Crippen molar-refractivity contribution in [1.82, 2.24) is 5.43 Å². The monoisotopic (exact) mass is 375 g/mol. The Hall–Kier alpha value is -3.36. The van der Waals surface area contributed by atoms with Crippen LogP contribution in [0, 0.1) is 10.1 Å². The number of furan rings is 1. The van der Waals surface area contributed by atoms with Gasteiger partial charge in [-0.1, -0.05) is 18.2 Å². The van der Waals surface area contributed by atoms with Gasteiger partial charge in [0.2, 0.25) is 0 Å². The molecule has 138 valence electrons. The van der Waals surface area contributed by atoms with Crippen LogP contribution in [0.1, 0.15) is 29.3 Å². The van der Waals surface area contributed by atoms with Gasteiger partial charge in [0.15, 0.2) is 5.76 Å². The summed E-state index contributed by atoms with van der Waals surface area (Å²) in [4.78, 5) is 10.3. The second-order valence-electron chi connectivity index (χ2n) is 6.15. The summed E-state index contributed by atoms with van der Waals surface area (Å²) in [6, 6.07) is 10.9. The fraction of sp³-hybridized carbons (Fsp3) is 0.167. The molecule has 0 spiro atoms. The molecule has 1 aromatic heterocycles. The van der Waals surface area contributed by atoms with Gasteiger partial charge in [0.1, 0.15) is 11.3 Å². The molecule has 1 N–H and O–H groups in total. The molecule has 0 saturated heterocycles. The van der Waals surface area contributed by atoms with E-state index in [1.165, 1.54) is 18.2 Å². The van der Waals surface area contributed by atoms with Gasteiger partial charge < -0.3 is 9.84 Å². The van der Waals surface area contributed by atoms with Crippen LogP contribution in [0.25, 0.3) is 11.0 Å². The third kappa shape index (κ3) is 3.23. The van der Waals surface area contributed by atoms with Crippen molar-refractivity contribution in [2.75, 3.05) is 0 Å². The van der Waals surface area contributed by atoms with E-state index in [0.29, 0.717) is 23.3 Å². The van der Waals surface area contributed by atoms with Crippen LogP contribution < -0.4 is 5.43 Å². The van der Waals surface area contributed by atoms with E-state index in [2.05, 4.69) is 10.5 Å². The first-order valence-electron chi connectivity index (χ1n) is 7.99. The van der Waals surface area contributed by atoms with Crippen molar-refractivity contribution in [3.63, 3.8) is 0 Å². The quantitative estimate of drug-likeness (QED) is 0.527. The summed E-state index contributed by atoms with van der Waals surface area (Å²) >= 11 is 0. The smallest absolute Gasteiger partial charge is 0.416 e. The van der Waals surface area contributed by atoms with Gasteiger partial charge in [-0.2, -0.15) is 18.3 Å². The van der Waals surface area contributed by atoms with Crippen LogP contribution in [0.4, 0.5) is 18.9 Å². The summed E-state index contributed by atoms with van der Waals surface area (Å²) in [5.74, 6) is 0.390. The van der Waals surface area contributed by atoms with Crippen molar-refractivity contribution in [3.05, 3.63) is 75.5 Å². The molecule has 0 fully saturated rings. The number of rotatable bonds is 3. The van der Waals surface area contributed by atoms with Gasteiger partial charge in [-0.15, -0.1) is 0 Å². The van der Waals surface area contributed by atoms with Gasteiger partial charge in [-0.25, -0.2) is 0 Å². The zero-order valence-electron chi connectivity index (χ0n) is 13.7. The number of benzene rings is 2. The number of nitrogens with zero attached hydrogens (tertiary/aromatic N) is 2. The summed E-state index contributed by atoms with van der Waals surface area (Å²) in [6.45, 7) is 0. The van der Waals surface area contributed by atoms with E-state index >= 15 is 0 Å². The Balaban J connectivity index is 1.55. The molecule has 0 aliphatic carbocycles. The molecule has 0 bridgehead atoms. The zero-order chi connectivity index (χ0) is 19.2. The fourth-order valence-corrected chi connectivity index (χ4v) is 2.97. The molecule has 0 radical (unpaired) electrons. The summed E-state index contributed by atoms with van der Waals surface area (Å²) in [5.41, 5.74) is 3.68. The Morgan fingerprint density at radius 1 is 1.15 bits per heavy atom. The SMILES string of the molecule is O=[N+]([O-])c1ccc(C2CC(c3cc4ccc(C(F)(F)F)cc4o3)=NN2)cc1. The summed E-state index contributed by atoms with van der Waals surface area (Å²) in [6.07, 6.45) is -3.99. The average Bonchev–Trinajstić information content (AvgIpc) is 3.27. The van der Waals surface area contributed by atoms with Crippen molar-refractivity contribution in [1.29, 1.82) is 0 Å². The third-order valence-corrected chi connectivity index (χ3v) is 4.39. The minimum atomic E-state index is -4.44. The van der Waals surface area contributed by atoms with Gasteiger partial charge in [0.05, 0.1) is 16.5 Å². The van der Waals surface area contributed by atoms with Crippen molar-refractivity contribution in [2.45, 2.75) is 18.6 Å². The van der Waals surface area contributed by atoms with Crippen LogP contribution in [0.15, 0.2) is 58.0 Å². The molecule has 3 aromatic rings. The Morgan fingerprint density at radius 3 is 2.56 bits per heavy atom. The van der Waals surface area contributed by atoms with Crippen LogP contribution >= 0.6 is 0 Å². The second kappa shape index (κ2) is 6.11. The number of hydrogen-bond donors (Lipinski definition) is 1. The normalized spacial score (nSPS) is 17.0. The molecule has 2 aromatic carbocycles. The van der Waals surface area contributed by atoms with E-state index in [9.17, 15) is 23.3 Å². The molecule has 1 aliphatic rings. The van der Waals surface area contributed by atoms with Gasteiger partial charge in [-0.3, -0.25) is 10.1 Å². The number of fused-ring (bicyclic) bond motifs is 1. The maximum absolute atomic E-state index is 12.8. The van der Waals surface area contributed by atoms with E-state index in [4.69, 9.17) is 4.42 Å². The minimum Gasteiger partial charge on any atom is -0.455 e. The number of halogens is 3. The first-order valence-corrected chi connectivity index (χ1v) is 7.99. The number of alkyl halides is 3. The topological polar surface area (TPSA) is 80.7 Å². The lowest BCUT2D eigenvalue weighted by molar-refractivity contribution is -0.384. The highest BCUT2D eigenvalue weighted by Crippen LogP contribution is 2.33. The highest BCUT2D eigenvalue weighted by molar-refractivity contribution is 6.02. The number of nitro benzene ring substituents is 1. The van der Waals surface area contributed by atoms with E-state index in [1.807, 2.05) is 0 Å². The predicted octanol–water partition coefficient (Wildman–Crippen LogP) is 4.80. The number of hydrogen-bond acceptors (Lipinski definition) is 5. The number of nitro groups is 1. The minimum absolute atomic E-state index is 0.00404. The molecule has 6 nitrogen and oxygen atoms in total. The standard InChI is InChI=1S/C18H12F3N3O3/c19-18(20,21)12-4-1-11-7-17(27-16(11)8-12)15-9-14(22-23-15)10-2-5-13(6-3-10)24(25)26/h1-8,14,22H,9H2. The van der Waals surface area contributed by atoms with Crippen molar-refractivity contribution in [2.24, 2.45) is 5.10 Å². The first-order chi connectivity index (χ1) is 12.8. The van der Waals surface area contributed by atoms with Crippen LogP contribution in [0.5, 0.6) is 0 Å². The van der Waals surface area contributed by atoms with Gasteiger partial charge >= 0.3 is 6.18 Å². The molecular weight excluding hydrogens is 363 g/mol. The summed E-state index contributed by atoms with van der Waals surface area (Å²) in [5, 5.41) is 15.5. The van der Waals surface area contributed by atoms with E-state index in [-0.39, 0.29) is 17.3 Å². The van der Waals surface area contributed by atoms with E-state index in [0.717, 1.165) is 17.7 Å². The van der Waals surface area contributed by atoms with Crippen molar-refractivity contribution < 1.29 is 22.5 Å². The van der Waals surface area contributed by atoms with E-state index in [1.54, 1.807) is 18.2 Å². The molecule has 0 amide bonds. The lowest BCUT2D eigenvalue weighted by atomic mass is 10.0. The predicted molar refractivity (Wildman–Crippen MR) is 91.3 cm³/mol. The van der Waals surface area contributed by atoms with Crippen molar-refractivity contribution in [3.8, 4) is 0 Å². The van der Waals surface area contributed by atoms with Gasteiger partial charge in [-0.05, 0) is 23.8 Å². The largest absolute Gasteiger partial charge is 0.455 e. The Kier molecular flexibility index (Phi) is 3.87. The third-order valence-electron chi connectivity index (χ3n) is 4.39. The second-order valence-corrected chi connectivity index (χ2v) is 6.15. The first kappa shape index (κ1) is 17.1. The summed E-state index contributed by atoms with van der Waals surface area (Å²) < 4.78 is 44.0. The number of nitrogens with one attached hydrogen (secondary N) is 1. The highest BCUT2D eigenvalue weighted by atomic mass is 19.4. The van der Waals surface area contributed by atoms with Crippen molar-refractivity contribution >= 4 is 22.4 Å². The maximum Gasteiger partial charge on any atom is 0.416 e. The van der Waals surface area contributed by atoms with Crippen LogP contribution in [-0.2, 0) is 6.18 Å². The highest BCUT2D eigenvalue weighted by Gasteiger charge is 2.31. The Labute approximate surface area is 150 Å². The Morgan fingerprint density at radius 2 is 1.89 bits per heavy atom. The van der Waals surface area contributed by atoms with Gasteiger partial charge in [0, 0.05) is 23.9 Å². The van der Waals surface area contributed by atoms with Crippen LogP contribution in [0.2, 0.25) is 0 Å². The molecule has 27 heavy (non-hydrogen) atoms. The zero-order valence-corrected chi connectivity index (χ0v) is 13.7. The molecule has 4 rings (SSSR count). The molecule has 0 saturated carbocycles. The molecule has 1 unspecified atom stereocenters. The maximum atomic E-state index is 12.8. The fourth-order valence-electron chi connectivity index (χ4n) is 2.97. The number of hydrazone groups is 1. The lowest BCUT2D eigenvalue weighted by Crippen LogP contribution is -2.09. The molecule has 9 heteroatoms. The number of non-ortho nitro benzene ring substituents is 1.